The molecule has 1 atom stereocenters. The lowest BCUT2D eigenvalue weighted by Gasteiger charge is -2.31. The van der Waals surface area contributed by atoms with Gasteiger partial charge >= 0.3 is 5.76 Å². The van der Waals surface area contributed by atoms with E-state index in [1.807, 2.05) is 17.9 Å². The number of oxazole rings is 1. The van der Waals surface area contributed by atoms with Gasteiger partial charge in [-0.2, -0.15) is 0 Å². The number of carbonyl (C=O) groups excluding carboxylic acids is 1. The first-order valence-corrected chi connectivity index (χ1v) is 9.09. The fourth-order valence-corrected chi connectivity index (χ4v) is 4.11. The molecule has 0 unspecified atom stereocenters. The van der Waals surface area contributed by atoms with Crippen LogP contribution < -0.4 is 5.76 Å². The second-order valence-electron chi connectivity index (χ2n) is 6.26. The van der Waals surface area contributed by atoms with Gasteiger partial charge in [0.05, 0.1) is 5.52 Å². The van der Waals surface area contributed by atoms with Gasteiger partial charge < -0.3 is 9.32 Å². The van der Waals surface area contributed by atoms with Gasteiger partial charge in [-0.15, -0.1) is 21.5 Å². The molecule has 2 aromatic heterocycles. The molecule has 1 saturated heterocycles. The minimum Gasteiger partial charge on any atom is -0.408 e. The van der Waals surface area contributed by atoms with Crippen LogP contribution in [0.1, 0.15) is 28.8 Å². The molecule has 3 aromatic rings. The van der Waals surface area contributed by atoms with Gasteiger partial charge in [0.15, 0.2) is 5.58 Å². The number of likely N-dealkylation sites (tertiary alicyclic amines) is 1. The van der Waals surface area contributed by atoms with Crippen LogP contribution >= 0.6 is 11.3 Å². The maximum absolute atomic E-state index is 12.7. The minimum absolute atomic E-state index is 0.00227. The van der Waals surface area contributed by atoms with Crippen molar-refractivity contribution < 1.29 is 9.21 Å². The van der Waals surface area contributed by atoms with E-state index >= 15 is 0 Å². The Morgan fingerprint density at radius 2 is 2.20 bits per heavy atom. The lowest BCUT2D eigenvalue weighted by molar-refractivity contribution is -0.133. The quantitative estimate of drug-likeness (QED) is 0.717. The van der Waals surface area contributed by atoms with Gasteiger partial charge in [-0.05, 0) is 31.9 Å². The van der Waals surface area contributed by atoms with Crippen molar-refractivity contribution in [2.45, 2.75) is 32.2 Å². The number of amides is 1. The van der Waals surface area contributed by atoms with Crippen molar-refractivity contribution in [1.29, 1.82) is 0 Å². The molecule has 3 heterocycles. The number of hydrogen-bond acceptors (Lipinski definition) is 6. The molecule has 0 bridgehead atoms. The first kappa shape index (κ1) is 16.0. The Labute approximate surface area is 147 Å². The molecule has 1 aliphatic rings. The summed E-state index contributed by atoms with van der Waals surface area (Å²) < 4.78 is 6.60. The number of nitrogens with zero attached hydrogens (tertiary/aromatic N) is 4. The van der Waals surface area contributed by atoms with Crippen LogP contribution in [0, 0.1) is 6.92 Å². The Kier molecular flexibility index (Phi) is 4.12. The van der Waals surface area contributed by atoms with Crippen LogP contribution in [0.15, 0.2) is 33.5 Å². The van der Waals surface area contributed by atoms with E-state index in [-0.39, 0.29) is 18.4 Å². The molecule has 1 amide bonds. The number of para-hydroxylation sites is 2. The zero-order valence-electron chi connectivity index (χ0n) is 13.8. The summed E-state index contributed by atoms with van der Waals surface area (Å²) in [5, 5.41) is 10.2. The molecule has 8 heteroatoms. The lowest BCUT2D eigenvalue weighted by atomic mass is 9.99. The Morgan fingerprint density at radius 3 is 3.00 bits per heavy atom. The number of carbonyl (C=O) groups is 1. The highest BCUT2D eigenvalue weighted by molar-refractivity contribution is 7.11. The van der Waals surface area contributed by atoms with Crippen LogP contribution in [0.5, 0.6) is 0 Å². The van der Waals surface area contributed by atoms with Crippen molar-refractivity contribution in [3.8, 4) is 0 Å². The maximum atomic E-state index is 12.7. The summed E-state index contributed by atoms with van der Waals surface area (Å²) >= 11 is 1.59. The monoisotopic (exact) mass is 358 g/mol. The number of rotatable bonds is 3. The number of piperidine rings is 1. The third-order valence-corrected chi connectivity index (χ3v) is 5.53. The molecule has 7 nitrogen and oxygen atoms in total. The minimum atomic E-state index is -0.497. The van der Waals surface area contributed by atoms with Gasteiger partial charge in [-0.3, -0.25) is 9.36 Å². The van der Waals surface area contributed by atoms with Crippen molar-refractivity contribution >= 4 is 28.3 Å². The van der Waals surface area contributed by atoms with E-state index in [9.17, 15) is 9.59 Å². The fourth-order valence-electron chi connectivity index (χ4n) is 3.28. The third-order valence-electron chi connectivity index (χ3n) is 4.53. The molecule has 0 aliphatic carbocycles. The Hall–Kier alpha value is -2.48. The van der Waals surface area contributed by atoms with Crippen molar-refractivity contribution in [2.75, 3.05) is 13.1 Å². The summed E-state index contributed by atoms with van der Waals surface area (Å²) in [4.78, 5) is 26.6. The molecule has 1 aliphatic heterocycles. The van der Waals surface area contributed by atoms with Crippen molar-refractivity contribution in [2.24, 2.45) is 0 Å². The fraction of sp³-hybridized carbons (Fsp3) is 0.412. The third kappa shape index (κ3) is 3.09. The number of hydrogen-bond donors (Lipinski definition) is 0. The van der Waals surface area contributed by atoms with E-state index < -0.39 is 5.76 Å². The summed E-state index contributed by atoms with van der Waals surface area (Å²) in [5.74, 6) is -0.343. The second kappa shape index (κ2) is 6.44. The van der Waals surface area contributed by atoms with Gasteiger partial charge in [0.2, 0.25) is 5.91 Å². The first-order chi connectivity index (χ1) is 12.1. The van der Waals surface area contributed by atoms with Crippen LogP contribution in [0.2, 0.25) is 0 Å². The van der Waals surface area contributed by atoms with Gasteiger partial charge in [0.1, 0.15) is 16.6 Å². The molecule has 0 spiro atoms. The van der Waals surface area contributed by atoms with Crippen molar-refractivity contribution in [3.05, 3.63) is 44.8 Å². The first-order valence-electron chi connectivity index (χ1n) is 8.28. The standard InChI is InChI=1S/C17H18N4O3S/c1-11-18-19-16(25-11)12-5-4-8-20(9-12)15(22)10-21-13-6-2-3-7-14(13)24-17(21)23/h2-3,6-7,12H,4-5,8-10H2,1H3/t12-/m0/s1. The summed E-state index contributed by atoms with van der Waals surface area (Å²) in [7, 11) is 0. The zero-order chi connectivity index (χ0) is 17.4. The van der Waals surface area contributed by atoms with Crippen molar-refractivity contribution in [1.82, 2.24) is 19.7 Å². The predicted octanol–water partition coefficient (Wildman–Crippen LogP) is 2.16. The predicted molar refractivity (Wildman–Crippen MR) is 93.7 cm³/mol. The summed E-state index contributed by atoms with van der Waals surface area (Å²) in [6.07, 6.45) is 1.93. The highest BCUT2D eigenvalue weighted by Gasteiger charge is 2.27. The molecule has 130 valence electrons. The van der Waals surface area contributed by atoms with E-state index in [1.54, 1.807) is 29.5 Å². The molecule has 4 rings (SSSR count). The SMILES string of the molecule is Cc1nnc([C@H]2CCCN(C(=O)Cn3c(=O)oc4ccccc43)C2)s1. The summed E-state index contributed by atoms with van der Waals surface area (Å²) in [6, 6.07) is 7.15. The largest absolute Gasteiger partial charge is 0.420 e. The Morgan fingerprint density at radius 1 is 1.36 bits per heavy atom. The van der Waals surface area contributed by atoms with Gasteiger partial charge in [0.25, 0.3) is 0 Å². The average molecular weight is 358 g/mol. The highest BCUT2D eigenvalue weighted by Crippen LogP contribution is 2.29. The van der Waals surface area contributed by atoms with E-state index in [2.05, 4.69) is 10.2 Å². The van der Waals surface area contributed by atoms with Crippen LogP contribution in [0.3, 0.4) is 0 Å². The summed E-state index contributed by atoms with van der Waals surface area (Å²) in [5.41, 5.74) is 1.15. The lowest BCUT2D eigenvalue weighted by Crippen LogP contribution is -2.41. The van der Waals surface area contributed by atoms with Gasteiger partial charge in [-0.25, -0.2) is 4.79 Å². The highest BCUT2D eigenvalue weighted by atomic mass is 32.1. The molecule has 0 N–H and O–H groups in total. The zero-order valence-corrected chi connectivity index (χ0v) is 14.7. The number of benzene rings is 1. The number of fused-ring (bicyclic) bond motifs is 1. The average Bonchev–Trinajstić information content (AvgIpc) is 3.19. The smallest absolute Gasteiger partial charge is 0.408 e. The number of aromatic nitrogens is 3. The Balaban J connectivity index is 1.52. The second-order valence-corrected chi connectivity index (χ2v) is 7.47. The van der Waals surface area contributed by atoms with Crippen molar-refractivity contribution in [3.63, 3.8) is 0 Å². The van der Waals surface area contributed by atoms with Crippen LogP contribution in [-0.4, -0.2) is 38.7 Å². The topological polar surface area (TPSA) is 81.2 Å². The van der Waals surface area contributed by atoms with E-state index in [0.29, 0.717) is 24.2 Å². The molecular formula is C17H18N4O3S. The van der Waals surface area contributed by atoms with Crippen LogP contribution in [-0.2, 0) is 11.3 Å². The molecule has 1 aromatic carbocycles. The maximum Gasteiger partial charge on any atom is 0.420 e. The number of aryl methyl sites for hydroxylation is 1. The molecule has 0 saturated carbocycles. The molecule has 0 radical (unpaired) electrons. The van der Waals surface area contributed by atoms with E-state index in [0.717, 1.165) is 22.9 Å². The molecule has 1 fully saturated rings. The Bertz CT molecular complexity index is 974. The normalized spacial score (nSPS) is 18.0. The molecule has 25 heavy (non-hydrogen) atoms. The van der Waals surface area contributed by atoms with Gasteiger partial charge in [0, 0.05) is 19.0 Å². The van der Waals surface area contributed by atoms with Crippen LogP contribution in [0.4, 0.5) is 0 Å². The van der Waals surface area contributed by atoms with Gasteiger partial charge in [-0.1, -0.05) is 12.1 Å². The van der Waals surface area contributed by atoms with E-state index in [4.69, 9.17) is 4.42 Å². The van der Waals surface area contributed by atoms with E-state index in [1.165, 1.54) is 4.57 Å². The van der Waals surface area contributed by atoms with Crippen LogP contribution in [0.25, 0.3) is 11.1 Å². The molecular weight excluding hydrogens is 340 g/mol. The summed E-state index contributed by atoms with van der Waals surface area (Å²) in [6.45, 7) is 3.26.